The van der Waals surface area contributed by atoms with Gasteiger partial charge in [0.05, 0.1) is 13.7 Å². The smallest absolute Gasteiger partial charge is 0.234 e. The topological polar surface area (TPSA) is 44.8 Å². The number of methoxy groups -OCH3 is 1. The van der Waals surface area contributed by atoms with Crippen molar-refractivity contribution in [2.24, 2.45) is 0 Å². The number of ether oxygens (including phenoxy) is 1. The Bertz CT molecular complexity index is 816. The Labute approximate surface area is 176 Å². The van der Waals surface area contributed by atoms with Gasteiger partial charge in [-0.3, -0.25) is 14.6 Å². The first kappa shape index (κ1) is 21.6. The summed E-state index contributed by atoms with van der Waals surface area (Å²) >= 11 is 6.04. The summed E-state index contributed by atoms with van der Waals surface area (Å²) < 4.78 is 18.4. The fourth-order valence-electron chi connectivity index (χ4n) is 3.53. The number of hydrogen-bond donors (Lipinski definition) is 1. The highest BCUT2D eigenvalue weighted by Gasteiger charge is 2.17. The molecule has 7 heteroatoms. The summed E-state index contributed by atoms with van der Waals surface area (Å²) in [6.45, 7) is 5.11. The van der Waals surface area contributed by atoms with Crippen molar-refractivity contribution >= 4 is 17.5 Å². The van der Waals surface area contributed by atoms with Crippen molar-refractivity contribution in [1.29, 1.82) is 0 Å². The number of benzene rings is 2. The Balaban J connectivity index is 1.45. The molecule has 0 bridgehead atoms. The molecule has 1 aliphatic rings. The summed E-state index contributed by atoms with van der Waals surface area (Å²) in [5.74, 6) is 0.483. The molecule has 0 aromatic heterocycles. The van der Waals surface area contributed by atoms with Crippen LogP contribution in [0.3, 0.4) is 0 Å². The number of carbonyl (C=O) groups is 1. The van der Waals surface area contributed by atoms with Crippen molar-refractivity contribution < 1.29 is 13.9 Å². The van der Waals surface area contributed by atoms with Gasteiger partial charge in [0, 0.05) is 36.8 Å². The normalized spacial score (nSPS) is 15.7. The van der Waals surface area contributed by atoms with E-state index in [2.05, 4.69) is 15.1 Å². The van der Waals surface area contributed by atoms with Gasteiger partial charge >= 0.3 is 0 Å². The molecule has 0 aliphatic carbocycles. The van der Waals surface area contributed by atoms with E-state index < -0.39 is 0 Å². The molecule has 0 saturated carbocycles. The van der Waals surface area contributed by atoms with Gasteiger partial charge in [0.25, 0.3) is 0 Å². The van der Waals surface area contributed by atoms with Gasteiger partial charge in [-0.05, 0) is 55.4 Å². The van der Waals surface area contributed by atoms with Gasteiger partial charge in [-0.1, -0.05) is 23.7 Å². The first-order valence-electron chi connectivity index (χ1n) is 9.82. The second-order valence-electron chi connectivity index (χ2n) is 7.27. The van der Waals surface area contributed by atoms with Gasteiger partial charge < -0.3 is 10.1 Å². The van der Waals surface area contributed by atoms with Crippen LogP contribution in [-0.2, 0) is 17.9 Å². The zero-order chi connectivity index (χ0) is 20.6. The van der Waals surface area contributed by atoms with E-state index in [0.717, 1.165) is 50.3 Å². The first-order valence-corrected chi connectivity index (χ1v) is 10.2. The van der Waals surface area contributed by atoms with Crippen LogP contribution >= 0.6 is 11.6 Å². The second kappa shape index (κ2) is 10.6. The Morgan fingerprint density at radius 3 is 2.59 bits per heavy atom. The fraction of sp³-hybridized carbons (Fsp3) is 0.409. The molecule has 2 aromatic rings. The van der Waals surface area contributed by atoms with Crippen LogP contribution in [0.15, 0.2) is 42.5 Å². The molecule has 1 N–H and O–H groups in total. The second-order valence-corrected chi connectivity index (χ2v) is 7.70. The van der Waals surface area contributed by atoms with E-state index >= 15 is 0 Å². The third kappa shape index (κ3) is 6.70. The van der Waals surface area contributed by atoms with Crippen LogP contribution < -0.4 is 10.1 Å². The van der Waals surface area contributed by atoms with Gasteiger partial charge in [-0.2, -0.15) is 0 Å². The Morgan fingerprint density at radius 2 is 1.83 bits per heavy atom. The van der Waals surface area contributed by atoms with Gasteiger partial charge in [0.2, 0.25) is 5.91 Å². The molecule has 0 radical (unpaired) electrons. The van der Waals surface area contributed by atoms with Crippen molar-refractivity contribution in [2.45, 2.75) is 19.5 Å². The highest BCUT2D eigenvalue weighted by atomic mass is 35.5. The molecular weight excluding hydrogens is 393 g/mol. The van der Waals surface area contributed by atoms with Crippen LogP contribution in [0.2, 0.25) is 5.02 Å². The van der Waals surface area contributed by atoms with Crippen molar-refractivity contribution in [3.8, 4) is 5.75 Å². The lowest BCUT2D eigenvalue weighted by molar-refractivity contribution is -0.122. The SMILES string of the molecule is COc1ccc(Cl)cc1CNC(=O)CN1CCCN(Cc2ccc(F)cc2)CC1. The van der Waals surface area contributed by atoms with Gasteiger partial charge in [-0.25, -0.2) is 4.39 Å². The van der Waals surface area contributed by atoms with Gasteiger partial charge in [0.1, 0.15) is 11.6 Å². The summed E-state index contributed by atoms with van der Waals surface area (Å²) in [4.78, 5) is 16.9. The molecular formula is C22H27ClFN3O2. The van der Waals surface area contributed by atoms with E-state index in [4.69, 9.17) is 16.3 Å². The molecule has 0 spiro atoms. The van der Waals surface area contributed by atoms with Crippen LogP contribution in [0.25, 0.3) is 0 Å². The van der Waals surface area contributed by atoms with E-state index in [1.54, 1.807) is 25.3 Å². The van der Waals surface area contributed by atoms with E-state index in [-0.39, 0.29) is 11.7 Å². The third-order valence-corrected chi connectivity index (χ3v) is 5.32. The molecule has 1 aliphatic heterocycles. The summed E-state index contributed by atoms with van der Waals surface area (Å²) in [5.41, 5.74) is 1.96. The van der Waals surface area contributed by atoms with Crippen molar-refractivity contribution in [3.63, 3.8) is 0 Å². The quantitative estimate of drug-likeness (QED) is 0.747. The lowest BCUT2D eigenvalue weighted by Gasteiger charge is -2.21. The van der Waals surface area contributed by atoms with Crippen LogP contribution in [0.5, 0.6) is 5.75 Å². The molecule has 1 saturated heterocycles. The molecule has 1 amide bonds. The Kier molecular flexibility index (Phi) is 7.86. The fourth-order valence-corrected chi connectivity index (χ4v) is 3.72. The van der Waals surface area contributed by atoms with Crippen molar-refractivity contribution in [1.82, 2.24) is 15.1 Å². The maximum atomic E-state index is 13.1. The number of rotatable bonds is 7. The van der Waals surface area contributed by atoms with Crippen LogP contribution in [0.4, 0.5) is 4.39 Å². The van der Waals surface area contributed by atoms with E-state index in [1.807, 2.05) is 12.1 Å². The summed E-state index contributed by atoms with van der Waals surface area (Å²) in [7, 11) is 1.60. The van der Waals surface area contributed by atoms with E-state index in [1.165, 1.54) is 12.1 Å². The van der Waals surface area contributed by atoms with Gasteiger partial charge in [0.15, 0.2) is 0 Å². The highest BCUT2D eigenvalue weighted by molar-refractivity contribution is 6.30. The molecule has 1 fully saturated rings. The first-order chi connectivity index (χ1) is 14.0. The lowest BCUT2D eigenvalue weighted by atomic mass is 10.2. The molecule has 0 unspecified atom stereocenters. The molecule has 29 heavy (non-hydrogen) atoms. The molecule has 2 aromatic carbocycles. The maximum Gasteiger partial charge on any atom is 0.234 e. The number of amides is 1. The maximum absolute atomic E-state index is 13.1. The zero-order valence-electron chi connectivity index (χ0n) is 16.7. The Hall–Kier alpha value is -2.15. The molecule has 3 rings (SSSR count). The number of halogens is 2. The molecule has 0 atom stereocenters. The van der Waals surface area contributed by atoms with Crippen molar-refractivity contribution in [2.75, 3.05) is 39.8 Å². The zero-order valence-corrected chi connectivity index (χ0v) is 17.4. The third-order valence-electron chi connectivity index (χ3n) is 5.09. The largest absolute Gasteiger partial charge is 0.496 e. The number of hydrogen-bond acceptors (Lipinski definition) is 4. The average molecular weight is 420 g/mol. The van der Waals surface area contributed by atoms with E-state index in [9.17, 15) is 9.18 Å². The minimum absolute atomic E-state index is 0.0148. The Morgan fingerprint density at radius 1 is 1.10 bits per heavy atom. The van der Waals surface area contributed by atoms with E-state index in [0.29, 0.717) is 23.9 Å². The summed E-state index contributed by atoms with van der Waals surface area (Å²) in [6.07, 6.45) is 0.997. The minimum atomic E-state index is -0.211. The average Bonchev–Trinajstić information content (AvgIpc) is 2.93. The van der Waals surface area contributed by atoms with Crippen LogP contribution in [0.1, 0.15) is 17.5 Å². The number of carbonyl (C=O) groups excluding carboxylic acids is 1. The van der Waals surface area contributed by atoms with Gasteiger partial charge in [-0.15, -0.1) is 0 Å². The molecule has 1 heterocycles. The van der Waals surface area contributed by atoms with Crippen LogP contribution in [0, 0.1) is 5.82 Å². The molecule has 5 nitrogen and oxygen atoms in total. The molecule has 156 valence electrons. The van der Waals surface area contributed by atoms with Crippen LogP contribution in [-0.4, -0.2) is 55.5 Å². The summed E-state index contributed by atoms with van der Waals surface area (Å²) in [5, 5.41) is 3.57. The minimum Gasteiger partial charge on any atom is -0.496 e. The monoisotopic (exact) mass is 419 g/mol. The van der Waals surface area contributed by atoms with Crippen molar-refractivity contribution in [3.05, 3.63) is 64.4 Å². The summed E-state index contributed by atoms with van der Waals surface area (Å²) in [6, 6.07) is 12.0. The number of nitrogens with one attached hydrogen (secondary N) is 1. The predicted molar refractivity (Wildman–Crippen MR) is 113 cm³/mol. The predicted octanol–water partition coefficient (Wildman–Crippen LogP) is 3.31. The number of nitrogens with zero attached hydrogens (tertiary/aromatic N) is 2. The standard InChI is InChI=1S/C22H27ClFN3O2/c1-29-21-8-5-19(23)13-18(21)14-25-22(28)16-27-10-2-9-26(11-12-27)15-17-3-6-20(24)7-4-17/h3-8,13H,2,9-12,14-16H2,1H3,(H,25,28). The lowest BCUT2D eigenvalue weighted by Crippen LogP contribution is -2.39. The highest BCUT2D eigenvalue weighted by Crippen LogP contribution is 2.22.